The SMILES string of the molecule is O=S(=O)(c1ccccc1)c1ccc(O)c2ccccc12. The first-order chi connectivity index (χ1) is 9.60. The molecule has 1 N–H and O–H groups in total. The van der Waals surface area contributed by atoms with Crippen LogP contribution in [0.25, 0.3) is 10.8 Å². The van der Waals surface area contributed by atoms with Gasteiger partial charge in [0.05, 0.1) is 9.79 Å². The predicted molar refractivity (Wildman–Crippen MR) is 77.5 cm³/mol. The molecule has 100 valence electrons. The quantitative estimate of drug-likeness (QED) is 0.785. The van der Waals surface area contributed by atoms with Crippen LogP contribution in [0.15, 0.2) is 76.5 Å². The molecule has 0 saturated carbocycles. The van der Waals surface area contributed by atoms with Gasteiger partial charge in [0.15, 0.2) is 0 Å². The number of hydrogen-bond acceptors (Lipinski definition) is 3. The molecule has 0 fully saturated rings. The van der Waals surface area contributed by atoms with Crippen LogP contribution in [0.5, 0.6) is 5.75 Å². The van der Waals surface area contributed by atoms with Crippen molar-refractivity contribution in [1.82, 2.24) is 0 Å². The molecule has 3 aromatic carbocycles. The van der Waals surface area contributed by atoms with Gasteiger partial charge in [-0.3, -0.25) is 0 Å². The third kappa shape index (κ3) is 1.94. The molecule has 3 rings (SSSR count). The lowest BCUT2D eigenvalue weighted by Gasteiger charge is -2.09. The Morgan fingerprint density at radius 1 is 0.700 bits per heavy atom. The largest absolute Gasteiger partial charge is 0.507 e. The van der Waals surface area contributed by atoms with Gasteiger partial charge in [0.2, 0.25) is 9.84 Å². The Hall–Kier alpha value is -2.33. The summed E-state index contributed by atoms with van der Waals surface area (Å²) in [4.78, 5) is 0.452. The number of hydrogen-bond donors (Lipinski definition) is 1. The summed E-state index contributed by atoms with van der Waals surface area (Å²) in [5, 5.41) is 10.9. The van der Waals surface area contributed by atoms with Crippen molar-refractivity contribution in [2.24, 2.45) is 0 Å². The average Bonchev–Trinajstić information content (AvgIpc) is 2.48. The predicted octanol–water partition coefficient (Wildman–Crippen LogP) is 3.38. The normalized spacial score (nSPS) is 11.6. The molecule has 0 atom stereocenters. The van der Waals surface area contributed by atoms with E-state index in [1.54, 1.807) is 54.6 Å². The van der Waals surface area contributed by atoms with Crippen LogP contribution in [0.4, 0.5) is 0 Å². The fourth-order valence-electron chi connectivity index (χ4n) is 2.22. The maximum Gasteiger partial charge on any atom is 0.207 e. The molecular weight excluding hydrogens is 272 g/mol. The van der Waals surface area contributed by atoms with Crippen LogP contribution in [0.2, 0.25) is 0 Å². The lowest BCUT2D eigenvalue weighted by atomic mass is 10.1. The number of benzene rings is 3. The fraction of sp³-hybridized carbons (Fsp3) is 0. The second kappa shape index (κ2) is 4.65. The van der Waals surface area contributed by atoms with Crippen LogP contribution in [0.3, 0.4) is 0 Å². The zero-order valence-corrected chi connectivity index (χ0v) is 11.3. The molecule has 0 amide bonds. The Morgan fingerprint density at radius 3 is 2.00 bits per heavy atom. The minimum absolute atomic E-state index is 0.0765. The molecular formula is C16H12O3S. The van der Waals surface area contributed by atoms with Gasteiger partial charge in [0, 0.05) is 10.8 Å². The fourth-order valence-corrected chi connectivity index (χ4v) is 3.70. The molecule has 0 saturated heterocycles. The van der Waals surface area contributed by atoms with E-state index in [-0.39, 0.29) is 15.5 Å². The van der Waals surface area contributed by atoms with Crippen molar-refractivity contribution in [1.29, 1.82) is 0 Å². The average molecular weight is 284 g/mol. The highest BCUT2D eigenvalue weighted by atomic mass is 32.2. The van der Waals surface area contributed by atoms with Crippen molar-refractivity contribution < 1.29 is 13.5 Å². The van der Waals surface area contributed by atoms with Gasteiger partial charge in [-0.25, -0.2) is 8.42 Å². The van der Waals surface area contributed by atoms with Crippen molar-refractivity contribution in [3.8, 4) is 5.75 Å². The van der Waals surface area contributed by atoms with Gasteiger partial charge in [0.1, 0.15) is 5.75 Å². The molecule has 0 bridgehead atoms. The zero-order chi connectivity index (χ0) is 14.2. The molecule has 0 heterocycles. The van der Waals surface area contributed by atoms with E-state index in [0.29, 0.717) is 10.8 Å². The maximum atomic E-state index is 12.7. The van der Waals surface area contributed by atoms with Crippen LogP contribution in [-0.4, -0.2) is 13.5 Å². The van der Waals surface area contributed by atoms with E-state index in [1.807, 2.05) is 0 Å². The van der Waals surface area contributed by atoms with Crippen LogP contribution in [0, 0.1) is 0 Å². The summed E-state index contributed by atoms with van der Waals surface area (Å²) in [5.74, 6) is 0.0765. The number of fused-ring (bicyclic) bond motifs is 1. The first-order valence-corrected chi connectivity index (χ1v) is 7.60. The Morgan fingerprint density at radius 2 is 1.30 bits per heavy atom. The summed E-state index contributed by atoms with van der Waals surface area (Å²) in [6, 6.07) is 18.1. The van der Waals surface area contributed by atoms with E-state index in [1.165, 1.54) is 12.1 Å². The van der Waals surface area contributed by atoms with Gasteiger partial charge < -0.3 is 5.11 Å². The summed E-state index contributed by atoms with van der Waals surface area (Å²) in [6.07, 6.45) is 0. The number of aromatic hydroxyl groups is 1. The smallest absolute Gasteiger partial charge is 0.207 e. The van der Waals surface area contributed by atoms with Crippen molar-refractivity contribution in [2.45, 2.75) is 9.79 Å². The highest BCUT2D eigenvalue weighted by molar-refractivity contribution is 7.91. The Balaban J connectivity index is 2.34. The Kier molecular flexibility index (Phi) is 2.95. The lowest BCUT2D eigenvalue weighted by Crippen LogP contribution is -2.02. The molecule has 0 spiro atoms. The van der Waals surface area contributed by atoms with Crippen LogP contribution in [-0.2, 0) is 9.84 Å². The molecule has 0 aromatic heterocycles. The molecule has 20 heavy (non-hydrogen) atoms. The highest BCUT2D eigenvalue weighted by Gasteiger charge is 2.20. The second-order valence-corrected chi connectivity index (χ2v) is 6.36. The summed E-state index contributed by atoms with van der Waals surface area (Å²) < 4.78 is 25.4. The molecule has 4 heteroatoms. The number of phenolic OH excluding ortho intramolecular Hbond substituents is 1. The first-order valence-electron chi connectivity index (χ1n) is 6.11. The standard InChI is InChI=1S/C16H12O3S/c17-15-10-11-16(14-9-5-4-8-13(14)15)20(18,19)12-6-2-1-3-7-12/h1-11,17H. The monoisotopic (exact) mass is 284 g/mol. The Labute approximate surface area is 117 Å². The first kappa shape index (κ1) is 12.7. The Bertz CT molecular complexity index is 869. The molecule has 0 radical (unpaired) electrons. The molecule has 0 aliphatic rings. The topological polar surface area (TPSA) is 54.4 Å². The number of phenols is 1. The lowest BCUT2D eigenvalue weighted by molar-refractivity contribution is 0.481. The van der Waals surface area contributed by atoms with Crippen molar-refractivity contribution in [3.05, 3.63) is 66.7 Å². The van der Waals surface area contributed by atoms with E-state index >= 15 is 0 Å². The second-order valence-electron chi connectivity index (χ2n) is 4.44. The summed E-state index contributed by atoms with van der Waals surface area (Å²) in [5.41, 5.74) is 0. The zero-order valence-electron chi connectivity index (χ0n) is 10.5. The van der Waals surface area contributed by atoms with Crippen LogP contribution >= 0.6 is 0 Å². The maximum absolute atomic E-state index is 12.7. The van der Waals surface area contributed by atoms with Crippen LogP contribution in [0.1, 0.15) is 0 Å². The highest BCUT2D eigenvalue weighted by Crippen LogP contribution is 2.32. The third-order valence-corrected chi connectivity index (χ3v) is 5.03. The van der Waals surface area contributed by atoms with E-state index in [9.17, 15) is 13.5 Å². The van der Waals surface area contributed by atoms with E-state index < -0.39 is 9.84 Å². The van der Waals surface area contributed by atoms with Gasteiger partial charge >= 0.3 is 0 Å². The van der Waals surface area contributed by atoms with Crippen molar-refractivity contribution in [2.75, 3.05) is 0 Å². The van der Waals surface area contributed by atoms with E-state index in [4.69, 9.17) is 0 Å². The van der Waals surface area contributed by atoms with Gasteiger partial charge in [-0.05, 0) is 24.3 Å². The minimum Gasteiger partial charge on any atom is -0.507 e. The number of rotatable bonds is 2. The minimum atomic E-state index is -3.59. The van der Waals surface area contributed by atoms with Crippen molar-refractivity contribution in [3.63, 3.8) is 0 Å². The summed E-state index contributed by atoms with van der Waals surface area (Å²) in [7, 11) is -3.59. The third-order valence-electron chi connectivity index (χ3n) is 3.20. The summed E-state index contributed by atoms with van der Waals surface area (Å²) >= 11 is 0. The van der Waals surface area contributed by atoms with Crippen LogP contribution < -0.4 is 0 Å². The molecule has 0 aliphatic carbocycles. The van der Waals surface area contributed by atoms with E-state index in [0.717, 1.165) is 0 Å². The molecule has 3 nitrogen and oxygen atoms in total. The van der Waals surface area contributed by atoms with Gasteiger partial charge in [0.25, 0.3) is 0 Å². The van der Waals surface area contributed by atoms with Crippen molar-refractivity contribution >= 4 is 20.6 Å². The van der Waals surface area contributed by atoms with Gasteiger partial charge in [-0.15, -0.1) is 0 Å². The number of sulfone groups is 1. The molecule has 0 aliphatic heterocycles. The summed E-state index contributed by atoms with van der Waals surface area (Å²) in [6.45, 7) is 0. The van der Waals surface area contributed by atoms with Gasteiger partial charge in [-0.1, -0.05) is 42.5 Å². The van der Waals surface area contributed by atoms with E-state index in [2.05, 4.69) is 0 Å². The molecule has 0 unspecified atom stereocenters. The van der Waals surface area contributed by atoms with Gasteiger partial charge in [-0.2, -0.15) is 0 Å². The molecule has 3 aromatic rings.